The molecule has 1 saturated carbocycles. The van der Waals surface area contributed by atoms with E-state index in [0.29, 0.717) is 40.8 Å². The fraction of sp³-hybridized carbons (Fsp3) is 0.240. The number of para-hydroxylation sites is 1. The third-order valence-electron chi connectivity index (χ3n) is 6.50. The van der Waals surface area contributed by atoms with Crippen LogP contribution in [0.1, 0.15) is 57.4 Å². The van der Waals surface area contributed by atoms with Crippen LogP contribution in [0.3, 0.4) is 0 Å². The minimum absolute atomic E-state index is 0.205. The summed E-state index contributed by atoms with van der Waals surface area (Å²) < 4.78 is 21.3. The molecule has 1 aliphatic carbocycles. The molecule has 2 aliphatic rings. The highest BCUT2D eigenvalue weighted by molar-refractivity contribution is 7.18. The van der Waals surface area contributed by atoms with E-state index >= 15 is 0 Å². The van der Waals surface area contributed by atoms with Crippen molar-refractivity contribution in [2.75, 3.05) is 6.54 Å². The summed E-state index contributed by atoms with van der Waals surface area (Å²) in [7, 11) is 0. The van der Waals surface area contributed by atoms with E-state index in [2.05, 4.69) is 24.9 Å². The van der Waals surface area contributed by atoms with E-state index in [9.17, 15) is 9.18 Å². The Labute approximate surface area is 202 Å². The van der Waals surface area contributed by atoms with Gasteiger partial charge in [-0.1, -0.05) is 12.1 Å². The zero-order valence-corrected chi connectivity index (χ0v) is 19.3. The van der Waals surface area contributed by atoms with Crippen molar-refractivity contribution in [1.82, 2.24) is 29.8 Å². The second-order valence-electron chi connectivity index (χ2n) is 8.78. The molecule has 0 bridgehead atoms. The molecule has 1 aliphatic heterocycles. The molecule has 0 spiro atoms. The Hall–Kier alpha value is -3.92. The van der Waals surface area contributed by atoms with Crippen molar-refractivity contribution >= 4 is 27.5 Å². The van der Waals surface area contributed by atoms with Crippen LogP contribution in [0, 0.1) is 5.82 Å². The lowest BCUT2D eigenvalue weighted by Gasteiger charge is -2.33. The summed E-state index contributed by atoms with van der Waals surface area (Å²) >= 11 is 1.37. The van der Waals surface area contributed by atoms with Gasteiger partial charge in [-0.3, -0.25) is 9.78 Å². The highest BCUT2D eigenvalue weighted by Gasteiger charge is 2.41. The van der Waals surface area contributed by atoms with Gasteiger partial charge in [0.05, 0.1) is 22.4 Å². The third-order valence-corrected chi connectivity index (χ3v) is 7.57. The predicted octanol–water partition coefficient (Wildman–Crippen LogP) is 4.87. The first-order chi connectivity index (χ1) is 17.2. The number of halogens is 1. The van der Waals surface area contributed by atoms with E-state index in [4.69, 9.17) is 4.42 Å². The molecule has 5 aromatic rings. The summed E-state index contributed by atoms with van der Waals surface area (Å²) in [6.45, 7) is 0.445. The lowest BCUT2D eigenvalue weighted by molar-refractivity contribution is 0.0657. The van der Waals surface area contributed by atoms with Crippen molar-refractivity contribution in [2.24, 2.45) is 0 Å². The average Bonchev–Trinajstić information content (AvgIpc) is 3.28. The zero-order valence-electron chi connectivity index (χ0n) is 18.4. The van der Waals surface area contributed by atoms with Gasteiger partial charge >= 0.3 is 0 Å². The number of nitrogens with zero attached hydrogens (tertiary/aromatic N) is 5. The summed E-state index contributed by atoms with van der Waals surface area (Å²) in [4.78, 5) is 37.1. The van der Waals surface area contributed by atoms with Crippen LogP contribution in [0.15, 0.2) is 53.3 Å². The fourth-order valence-corrected chi connectivity index (χ4v) is 5.74. The first-order valence-electron chi connectivity index (χ1n) is 11.5. The normalized spacial score (nSPS) is 17.6. The molecule has 174 valence electrons. The molecule has 1 fully saturated rings. The summed E-state index contributed by atoms with van der Waals surface area (Å²) in [5.41, 5.74) is 3.24. The van der Waals surface area contributed by atoms with Crippen LogP contribution in [-0.4, -0.2) is 42.3 Å². The molecule has 1 atom stereocenters. The van der Waals surface area contributed by atoms with Crippen molar-refractivity contribution in [3.05, 3.63) is 82.6 Å². The van der Waals surface area contributed by atoms with Gasteiger partial charge in [-0.05, 0) is 37.1 Å². The number of aromatic nitrogens is 5. The van der Waals surface area contributed by atoms with Crippen LogP contribution >= 0.6 is 11.3 Å². The van der Waals surface area contributed by atoms with Gasteiger partial charge in [0.25, 0.3) is 5.91 Å². The van der Waals surface area contributed by atoms with Crippen molar-refractivity contribution in [3.63, 3.8) is 0 Å². The number of carbonyl (C=O) groups excluding carboxylic acids is 1. The van der Waals surface area contributed by atoms with Gasteiger partial charge in [0.2, 0.25) is 11.7 Å². The van der Waals surface area contributed by atoms with Crippen molar-refractivity contribution < 1.29 is 13.6 Å². The van der Waals surface area contributed by atoms with Crippen LogP contribution in [0.5, 0.6) is 0 Å². The predicted molar refractivity (Wildman–Crippen MR) is 126 cm³/mol. The highest BCUT2D eigenvalue weighted by Crippen LogP contribution is 2.44. The largest absolute Gasteiger partial charge is 0.429 e. The standard InChI is InChI=1S/C25H19FN6O2S/c26-14-4-3-6-17-19(14)31-24(35-17)21-20-15(28-12-29-20)9-11-32(21)25(33)22-18(13-7-8-13)30-23(34-22)16-5-1-2-10-27-16/h1-6,10,12-13,21H,7-9,11H2,(H,28,29)/t21-/m0/s1. The summed E-state index contributed by atoms with van der Waals surface area (Å²) in [6, 6.07) is 9.83. The Morgan fingerprint density at radius 3 is 2.83 bits per heavy atom. The number of hydrogen-bond acceptors (Lipinski definition) is 7. The summed E-state index contributed by atoms with van der Waals surface area (Å²) in [6.07, 6.45) is 5.86. The minimum atomic E-state index is -0.551. The molecule has 35 heavy (non-hydrogen) atoms. The van der Waals surface area contributed by atoms with Gasteiger partial charge in [-0.2, -0.15) is 0 Å². The highest BCUT2D eigenvalue weighted by atomic mass is 32.1. The molecular weight excluding hydrogens is 467 g/mol. The Morgan fingerprint density at radius 1 is 1.11 bits per heavy atom. The molecule has 1 amide bonds. The maximum absolute atomic E-state index is 14.4. The Balaban J connectivity index is 1.34. The topological polar surface area (TPSA) is 101 Å². The molecule has 0 unspecified atom stereocenters. The van der Waals surface area contributed by atoms with E-state index in [1.54, 1.807) is 23.5 Å². The second kappa shape index (κ2) is 7.81. The number of H-pyrrole nitrogens is 1. The smallest absolute Gasteiger partial charge is 0.292 e. The van der Waals surface area contributed by atoms with E-state index in [-0.39, 0.29) is 23.4 Å². The number of aromatic amines is 1. The molecule has 5 heterocycles. The molecule has 7 rings (SSSR count). The number of amides is 1. The molecule has 0 radical (unpaired) electrons. The maximum Gasteiger partial charge on any atom is 0.292 e. The number of rotatable bonds is 4. The number of nitrogens with one attached hydrogen (secondary N) is 1. The van der Waals surface area contributed by atoms with E-state index in [1.165, 1.54) is 17.4 Å². The molecule has 1 N–H and O–H groups in total. The van der Waals surface area contributed by atoms with Crippen molar-refractivity contribution in [2.45, 2.75) is 31.2 Å². The Kier molecular flexibility index (Phi) is 4.56. The molecular formula is C25H19FN6O2S. The van der Waals surface area contributed by atoms with Crippen LogP contribution in [0.25, 0.3) is 21.8 Å². The van der Waals surface area contributed by atoms with Crippen LogP contribution in [-0.2, 0) is 6.42 Å². The van der Waals surface area contributed by atoms with Gasteiger partial charge in [-0.25, -0.2) is 19.3 Å². The minimum Gasteiger partial charge on any atom is -0.429 e. The number of thiazole rings is 1. The number of benzene rings is 1. The maximum atomic E-state index is 14.4. The fourth-order valence-electron chi connectivity index (χ4n) is 4.64. The number of carbonyl (C=O) groups is 1. The third kappa shape index (κ3) is 3.35. The number of hydrogen-bond donors (Lipinski definition) is 1. The molecule has 0 saturated heterocycles. The van der Waals surface area contributed by atoms with E-state index in [0.717, 1.165) is 28.9 Å². The number of fused-ring (bicyclic) bond motifs is 2. The molecule has 10 heteroatoms. The lowest BCUT2D eigenvalue weighted by atomic mass is 10.0. The number of pyridine rings is 1. The summed E-state index contributed by atoms with van der Waals surface area (Å²) in [5, 5.41) is 0.615. The monoisotopic (exact) mass is 486 g/mol. The second-order valence-corrected chi connectivity index (χ2v) is 9.84. The van der Waals surface area contributed by atoms with E-state index < -0.39 is 6.04 Å². The average molecular weight is 487 g/mol. The van der Waals surface area contributed by atoms with Gasteiger partial charge < -0.3 is 14.3 Å². The van der Waals surface area contributed by atoms with Gasteiger partial charge in [0.1, 0.15) is 28.1 Å². The van der Waals surface area contributed by atoms with Crippen molar-refractivity contribution in [3.8, 4) is 11.6 Å². The van der Waals surface area contributed by atoms with Crippen LogP contribution < -0.4 is 0 Å². The first kappa shape index (κ1) is 20.5. The molecule has 4 aromatic heterocycles. The van der Waals surface area contributed by atoms with Gasteiger partial charge in [0.15, 0.2) is 0 Å². The Morgan fingerprint density at radius 2 is 2.03 bits per heavy atom. The van der Waals surface area contributed by atoms with Crippen molar-refractivity contribution in [1.29, 1.82) is 0 Å². The van der Waals surface area contributed by atoms with E-state index in [1.807, 2.05) is 24.3 Å². The summed E-state index contributed by atoms with van der Waals surface area (Å²) in [5.74, 6) is 0.138. The van der Waals surface area contributed by atoms with Crippen LogP contribution in [0.2, 0.25) is 0 Å². The Bertz CT molecular complexity index is 1570. The number of oxazole rings is 1. The van der Waals surface area contributed by atoms with Gasteiger partial charge in [0, 0.05) is 30.8 Å². The van der Waals surface area contributed by atoms with Gasteiger partial charge in [-0.15, -0.1) is 11.3 Å². The molecule has 8 nitrogen and oxygen atoms in total. The quantitative estimate of drug-likeness (QED) is 0.389. The zero-order chi connectivity index (χ0) is 23.5. The van der Waals surface area contributed by atoms with Crippen LogP contribution in [0.4, 0.5) is 4.39 Å². The SMILES string of the molecule is O=C(c1oc(-c2ccccn2)nc1C1CC1)N1CCc2[nH]cnc2[C@H]1c1nc2c(F)cccc2s1. The lowest BCUT2D eigenvalue weighted by Crippen LogP contribution is -2.41. The molecule has 1 aromatic carbocycles. The number of imidazole rings is 1. The first-order valence-corrected chi connectivity index (χ1v) is 12.3.